The lowest BCUT2D eigenvalue weighted by atomic mass is 10.1. The number of ether oxygens (including phenoxy) is 5. The highest BCUT2D eigenvalue weighted by atomic mass is 16.5. The third-order valence-corrected chi connectivity index (χ3v) is 10.9. The van der Waals surface area contributed by atoms with Crippen molar-refractivity contribution in [1.82, 2.24) is 0 Å². The smallest absolute Gasteiger partial charge is 0.343 e. The number of azo groups is 1. The van der Waals surface area contributed by atoms with Gasteiger partial charge in [0.1, 0.15) is 29.6 Å². The molecule has 0 aliphatic carbocycles. The van der Waals surface area contributed by atoms with E-state index in [1.165, 1.54) is 77.0 Å². The second-order valence-corrected chi connectivity index (χ2v) is 16.4. The third kappa shape index (κ3) is 18.4. The number of nitrogens with zero attached hydrogens (tertiary/aromatic N) is 2. The van der Waals surface area contributed by atoms with E-state index in [-0.39, 0.29) is 12.4 Å². The van der Waals surface area contributed by atoms with Crippen molar-refractivity contribution in [1.29, 1.82) is 0 Å². The van der Waals surface area contributed by atoms with Gasteiger partial charge in [-0.05, 0) is 123 Å². The highest BCUT2D eigenvalue weighted by Gasteiger charge is 2.15. The molecule has 0 aromatic heterocycles. The molecule has 5 aromatic carbocycles. The Morgan fingerprint density at radius 2 is 0.846 bits per heavy atom. The molecule has 0 radical (unpaired) electrons. The van der Waals surface area contributed by atoms with E-state index in [1.807, 2.05) is 19.1 Å². The molecule has 0 spiro atoms. The van der Waals surface area contributed by atoms with Gasteiger partial charge in [-0.25, -0.2) is 14.4 Å². The minimum absolute atomic E-state index is 0.173. The topological polar surface area (TPSA) is 122 Å². The van der Waals surface area contributed by atoms with E-state index in [1.54, 1.807) is 103 Å². The summed E-state index contributed by atoms with van der Waals surface area (Å²) in [7, 11) is 0. The predicted molar refractivity (Wildman–Crippen MR) is 256 cm³/mol. The number of carbonyl (C=O) groups excluding carboxylic acids is 3. The average molecular weight is 883 g/mol. The van der Waals surface area contributed by atoms with Crippen molar-refractivity contribution in [2.24, 2.45) is 10.2 Å². The highest BCUT2D eigenvalue weighted by molar-refractivity contribution is 5.92. The van der Waals surface area contributed by atoms with Crippen LogP contribution in [0.5, 0.6) is 23.0 Å². The van der Waals surface area contributed by atoms with Gasteiger partial charge in [0.05, 0.1) is 41.3 Å². The standard InChI is InChI=1S/C55H66N2O8/c1-4-6-8-10-12-14-16-18-38-61-48-30-24-43(25-31-48)53(58)63-41-46-40-51(65-55(60)45-26-32-49(33-27-45)62-39-19-17-15-13-11-9-7-5-2)36-37-52(46)57-56-47-28-34-50(35-29-47)64-54(59)44-22-20-42(3)21-23-44/h20-37,40H,4-19,38-39,41H2,1-3H3. The molecule has 0 amide bonds. The zero-order valence-electron chi connectivity index (χ0n) is 38.6. The SMILES string of the molecule is CCCCCCCCCCOc1ccc(C(=O)OCc2cc(OC(=O)c3ccc(OCCCCCCCCCC)cc3)ccc2N=Nc2ccc(OC(=O)c3ccc(C)cc3)cc2)cc1. The van der Waals surface area contributed by atoms with Crippen LogP contribution in [0.1, 0.15) is 159 Å². The number of hydrogen-bond donors (Lipinski definition) is 0. The summed E-state index contributed by atoms with van der Waals surface area (Å²) in [5.74, 6) is 0.441. The number of unbranched alkanes of at least 4 members (excludes halogenated alkanes) is 14. The first-order valence-electron chi connectivity index (χ1n) is 23.6. The molecule has 0 fully saturated rings. The van der Waals surface area contributed by atoms with Gasteiger partial charge in [0.2, 0.25) is 0 Å². The van der Waals surface area contributed by atoms with Crippen molar-refractivity contribution in [2.75, 3.05) is 13.2 Å². The minimum atomic E-state index is -0.551. The molecule has 0 bridgehead atoms. The molecule has 0 aliphatic heterocycles. The number of carbonyl (C=O) groups is 3. The summed E-state index contributed by atoms with van der Waals surface area (Å²) < 4.78 is 28.9. The van der Waals surface area contributed by atoms with Crippen LogP contribution in [0, 0.1) is 6.92 Å². The Hall–Kier alpha value is -6.29. The maximum atomic E-state index is 13.3. The molecule has 5 rings (SSSR count). The van der Waals surface area contributed by atoms with Gasteiger partial charge in [-0.3, -0.25) is 0 Å². The Morgan fingerprint density at radius 1 is 0.431 bits per heavy atom. The monoisotopic (exact) mass is 882 g/mol. The summed E-state index contributed by atoms with van der Waals surface area (Å²) >= 11 is 0. The molecule has 0 heterocycles. The number of aryl methyl sites for hydroxylation is 1. The van der Waals surface area contributed by atoms with E-state index in [0.717, 1.165) is 31.2 Å². The maximum absolute atomic E-state index is 13.3. The zero-order chi connectivity index (χ0) is 45.9. The highest BCUT2D eigenvalue weighted by Crippen LogP contribution is 2.30. The Kier molecular flexibility index (Phi) is 21.8. The quantitative estimate of drug-likeness (QED) is 0.0201. The minimum Gasteiger partial charge on any atom is -0.494 e. The molecule has 0 saturated heterocycles. The number of esters is 3. The van der Waals surface area contributed by atoms with Gasteiger partial charge < -0.3 is 23.7 Å². The van der Waals surface area contributed by atoms with Gasteiger partial charge in [-0.1, -0.05) is 121 Å². The van der Waals surface area contributed by atoms with Crippen molar-refractivity contribution in [3.05, 3.63) is 143 Å². The van der Waals surface area contributed by atoms with Crippen molar-refractivity contribution < 1.29 is 38.1 Å². The van der Waals surface area contributed by atoms with Gasteiger partial charge in [0, 0.05) is 5.56 Å². The number of benzene rings is 5. The largest absolute Gasteiger partial charge is 0.494 e. The van der Waals surface area contributed by atoms with E-state index >= 15 is 0 Å². The second kappa shape index (κ2) is 28.5. The molecule has 10 heteroatoms. The number of hydrogen-bond acceptors (Lipinski definition) is 10. The Morgan fingerprint density at radius 3 is 1.35 bits per heavy atom. The van der Waals surface area contributed by atoms with Crippen LogP contribution in [-0.4, -0.2) is 31.1 Å². The fraction of sp³-hybridized carbons (Fsp3) is 0.400. The summed E-state index contributed by atoms with van der Waals surface area (Å²) in [6, 6.07) is 32.4. The fourth-order valence-electron chi connectivity index (χ4n) is 7.01. The van der Waals surface area contributed by atoms with E-state index in [9.17, 15) is 14.4 Å². The summed E-state index contributed by atoms with van der Waals surface area (Å²) in [5.41, 5.74) is 3.58. The molecule has 344 valence electrons. The van der Waals surface area contributed by atoms with Crippen LogP contribution in [0.4, 0.5) is 11.4 Å². The van der Waals surface area contributed by atoms with Gasteiger partial charge in [0.15, 0.2) is 0 Å². The summed E-state index contributed by atoms with van der Waals surface area (Å²) in [6.45, 7) is 7.50. The molecule has 0 aliphatic rings. The summed E-state index contributed by atoms with van der Waals surface area (Å²) in [4.78, 5) is 39.1. The molecular weight excluding hydrogens is 817 g/mol. The van der Waals surface area contributed by atoms with Crippen LogP contribution in [-0.2, 0) is 11.3 Å². The fourth-order valence-corrected chi connectivity index (χ4v) is 7.01. The summed E-state index contributed by atoms with van der Waals surface area (Å²) in [5, 5.41) is 8.83. The molecule has 0 atom stereocenters. The molecule has 0 saturated carbocycles. The first-order valence-corrected chi connectivity index (χ1v) is 23.6. The molecule has 5 aromatic rings. The zero-order valence-corrected chi connectivity index (χ0v) is 38.6. The van der Waals surface area contributed by atoms with Crippen LogP contribution >= 0.6 is 0 Å². The van der Waals surface area contributed by atoms with Crippen molar-refractivity contribution in [3.8, 4) is 23.0 Å². The Balaban J connectivity index is 1.18. The van der Waals surface area contributed by atoms with E-state index in [0.29, 0.717) is 64.1 Å². The normalized spacial score (nSPS) is 11.1. The van der Waals surface area contributed by atoms with Crippen molar-refractivity contribution >= 4 is 29.3 Å². The molecule has 65 heavy (non-hydrogen) atoms. The first-order chi connectivity index (χ1) is 31.8. The summed E-state index contributed by atoms with van der Waals surface area (Å²) in [6.07, 6.45) is 19.6. The third-order valence-electron chi connectivity index (χ3n) is 10.9. The molecule has 0 unspecified atom stereocenters. The van der Waals surface area contributed by atoms with Crippen molar-refractivity contribution in [3.63, 3.8) is 0 Å². The van der Waals surface area contributed by atoms with Gasteiger partial charge in [-0.15, -0.1) is 0 Å². The lowest BCUT2D eigenvalue weighted by molar-refractivity contribution is 0.0471. The Labute approximate surface area is 385 Å². The predicted octanol–water partition coefficient (Wildman–Crippen LogP) is 15.2. The molecular formula is C55H66N2O8. The lowest BCUT2D eigenvalue weighted by Crippen LogP contribution is -2.09. The van der Waals surface area contributed by atoms with Crippen LogP contribution < -0.4 is 18.9 Å². The lowest BCUT2D eigenvalue weighted by Gasteiger charge is -2.11. The molecule has 0 N–H and O–H groups in total. The van der Waals surface area contributed by atoms with Gasteiger partial charge in [0.25, 0.3) is 0 Å². The molecule has 10 nitrogen and oxygen atoms in total. The first kappa shape index (κ1) is 49.7. The van der Waals surface area contributed by atoms with Crippen LogP contribution in [0.15, 0.2) is 125 Å². The average Bonchev–Trinajstić information content (AvgIpc) is 3.33. The van der Waals surface area contributed by atoms with Crippen molar-refractivity contribution in [2.45, 2.75) is 130 Å². The second-order valence-electron chi connectivity index (χ2n) is 16.4. The van der Waals surface area contributed by atoms with Gasteiger partial charge in [-0.2, -0.15) is 10.2 Å². The van der Waals surface area contributed by atoms with E-state index < -0.39 is 17.9 Å². The Bertz CT molecular complexity index is 2200. The van der Waals surface area contributed by atoms with Gasteiger partial charge >= 0.3 is 17.9 Å². The van der Waals surface area contributed by atoms with E-state index in [2.05, 4.69) is 24.1 Å². The van der Waals surface area contributed by atoms with E-state index in [4.69, 9.17) is 23.7 Å². The van der Waals surface area contributed by atoms with Crippen LogP contribution in [0.25, 0.3) is 0 Å². The van der Waals surface area contributed by atoms with Crippen LogP contribution in [0.3, 0.4) is 0 Å². The van der Waals surface area contributed by atoms with Crippen LogP contribution in [0.2, 0.25) is 0 Å². The maximum Gasteiger partial charge on any atom is 0.343 e. The number of rotatable bonds is 29.